The molecule has 0 aromatic carbocycles. The molecule has 0 aromatic rings. The van der Waals surface area contributed by atoms with Crippen molar-refractivity contribution < 1.29 is 28.5 Å². The molecule has 0 rings (SSSR count). The van der Waals surface area contributed by atoms with Crippen LogP contribution in [0.3, 0.4) is 0 Å². The zero-order valence-electron chi connectivity index (χ0n) is 22.7. The van der Waals surface area contributed by atoms with Gasteiger partial charge in [0.1, 0.15) is 6.29 Å². The van der Waals surface area contributed by atoms with Gasteiger partial charge in [0.05, 0.1) is 46.2 Å². The average molecular weight is 491 g/mol. The fourth-order valence-electron chi connectivity index (χ4n) is 2.93. The summed E-state index contributed by atoms with van der Waals surface area (Å²) in [5.41, 5.74) is 0. The van der Waals surface area contributed by atoms with Crippen LogP contribution in [0.15, 0.2) is 0 Å². The SMILES string of the molecule is CCCC(=O)NC(CCCCCC=O)C(C)C.CCCOCCOCCOCCOCCNC. The molecule has 0 aliphatic heterocycles. The summed E-state index contributed by atoms with van der Waals surface area (Å²) >= 11 is 0. The van der Waals surface area contributed by atoms with Crippen LogP contribution >= 0.6 is 0 Å². The molecule has 1 atom stereocenters. The second kappa shape index (κ2) is 30.0. The number of nitrogens with one attached hydrogen (secondary N) is 2. The van der Waals surface area contributed by atoms with Gasteiger partial charge in [-0.25, -0.2) is 0 Å². The lowest BCUT2D eigenvalue weighted by Gasteiger charge is -2.22. The Kier molecular flexibility index (Phi) is 30.9. The lowest BCUT2D eigenvalue weighted by molar-refractivity contribution is -0.122. The molecule has 0 saturated carbocycles. The van der Waals surface area contributed by atoms with Gasteiger partial charge >= 0.3 is 0 Å². The minimum atomic E-state index is 0.166. The number of unbranched alkanes of at least 4 members (excludes halogenated alkanes) is 3. The molecule has 8 nitrogen and oxygen atoms in total. The zero-order chi connectivity index (χ0) is 25.7. The molecule has 0 aliphatic carbocycles. The monoisotopic (exact) mass is 490 g/mol. The normalized spacial score (nSPS) is 11.7. The summed E-state index contributed by atoms with van der Waals surface area (Å²) in [4.78, 5) is 21.7. The van der Waals surface area contributed by atoms with Gasteiger partial charge in [-0.05, 0) is 38.6 Å². The Morgan fingerprint density at radius 1 is 0.794 bits per heavy atom. The van der Waals surface area contributed by atoms with E-state index in [1.807, 2.05) is 14.0 Å². The first-order valence-corrected chi connectivity index (χ1v) is 13.2. The highest BCUT2D eigenvalue weighted by atomic mass is 16.6. The number of hydrogen-bond acceptors (Lipinski definition) is 7. The van der Waals surface area contributed by atoms with Gasteiger partial charge in [0.15, 0.2) is 0 Å². The first kappa shape index (κ1) is 35.1. The molecule has 0 aromatic heterocycles. The van der Waals surface area contributed by atoms with E-state index in [4.69, 9.17) is 18.9 Å². The molecule has 1 amide bonds. The molecule has 34 heavy (non-hydrogen) atoms. The smallest absolute Gasteiger partial charge is 0.220 e. The molecule has 0 bridgehead atoms. The average Bonchev–Trinajstić information content (AvgIpc) is 2.81. The summed E-state index contributed by atoms with van der Waals surface area (Å²) in [7, 11) is 1.90. The molecular formula is C26H54N2O6. The maximum absolute atomic E-state index is 11.5. The van der Waals surface area contributed by atoms with Crippen molar-refractivity contribution in [3.8, 4) is 0 Å². The summed E-state index contributed by atoms with van der Waals surface area (Å²) in [6.07, 6.45) is 8.36. The van der Waals surface area contributed by atoms with Gasteiger partial charge in [-0.2, -0.15) is 0 Å². The third-order valence-corrected chi connectivity index (χ3v) is 4.93. The van der Waals surface area contributed by atoms with Gasteiger partial charge in [0.2, 0.25) is 5.91 Å². The van der Waals surface area contributed by atoms with Gasteiger partial charge < -0.3 is 34.4 Å². The largest absolute Gasteiger partial charge is 0.379 e. The van der Waals surface area contributed by atoms with Gasteiger partial charge in [0, 0.05) is 32.0 Å². The molecule has 0 spiro atoms. The molecule has 1 unspecified atom stereocenters. The van der Waals surface area contributed by atoms with E-state index in [2.05, 4.69) is 31.4 Å². The standard InChI is InChI=1S/C14H27NO2.C12H27NO4/c1-4-9-14(17)15-13(12(2)3)10-7-5-6-8-11-16;1-3-5-14-7-9-16-11-12-17-10-8-15-6-4-13-2/h11-13H,4-10H2,1-3H3,(H,15,17);13H,3-12H2,1-2H3. The van der Waals surface area contributed by atoms with Gasteiger partial charge in [-0.3, -0.25) is 4.79 Å². The Bertz CT molecular complexity index is 410. The van der Waals surface area contributed by atoms with E-state index in [1.54, 1.807) is 0 Å². The highest BCUT2D eigenvalue weighted by Crippen LogP contribution is 2.12. The van der Waals surface area contributed by atoms with E-state index >= 15 is 0 Å². The minimum Gasteiger partial charge on any atom is -0.379 e. The van der Waals surface area contributed by atoms with Crippen LogP contribution < -0.4 is 10.6 Å². The molecule has 0 aliphatic rings. The summed E-state index contributed by atoms with van der Waals surface area (Å²) in [6.45, 7) is 14.6. The van der Waals surface area contributed by atoms with E-state index < -0.39 is 0 Å². The van der Waals surface area contributed by atoms with Crippen LogP contribution in [0.5, 0.6) is 0 Å². The molecule has 0 radical (unpaired) electrons. The number of amides is 1. The zero-order valence-corrected chi connectivity index (χ0v) is 22.7. The third kappa shape index (κ3) is 29.0. The Morgan fingerprint density at radius 3 is 1.82 bits per heavy atom. The summed E-state index contributed by atoms with van der Waals surface area (Å²) in [5, 5.41) is 6.11. The van der Waals surface area contributed by atoms with Gasteiger partial charge in [0.25, 0.3) is 0 Å². The molecular weight excluding hydrogens is 436 g/mol. The van der Waals surface area contributed by atoms with Crippen molar-refractivity contribution >= 4 is 12.2 Å². The Labute approximate surface area is 209 Å². The van der Waals surface area contributed by atoms with Crippen molar-refractivity contribution in [2.75, 3.05) is 66.4 Å². The Morgan fingerprint density at radius 2 is 1.35 bits per heavy atom. The summed E-state index contributed by atoms with van der Waals surface area (Å²) in [5.74, 6) is 0.640. The second-order valence-corrected chi connectivity index (χ2v) is 8.53. The third-order valence-electron chi connectivity index (χ3n) is 4.93. The van der Waals surface area contributed by atoms with Crippen LogP contribution in [-0.2, 0) is 28.5 Å². The molecule has 204 valence electrons. The first-order valence-electron chi connectivity index (χ1n) is 13.2. The van der Waals surface area contributed by atoms with Crippen molar-refractivity contribution in [2.45, 2.75) is 85.1 Å². The second-order valence-electron chi connectivity index (χ2n) is 8.53. The predicted molar refractivity (Wildman–Crippen MR) is 138 cm³/mol. The Balaban J connectivity index is 0. The molecule has 2 N–H and O–H groups in total. The van der Waals surface area contributed by atoms with E-state index in [1.165, 1.54) is 0 Å². The van der Waals surface area contributed by atoms with Crippen molar-refractivity contribution in [1.29, 1.82) is 0 Å². The molecule has 0 fully saturated rings. The van der Waals surface area contributed by atoms with Crippen LogP contribution in [0.25, 0.3) is 0 Å². The van der Waals surface area contributed by atoms with Crippen molar-refractivity contribution in [3.05, 3.63) is 0 Å². The van der Waals surface area contributed by atoms with Crippen molar-refractivity contribution in [1.82, 2.24) is 10.6 Å². The highest BCUT2D eigenvalue weighted by Gasteiger charge is 2.15. The fraction of sp³-hybridized carbons (Fsp3) is 0.923. The van der Waals surface area contributed by atoms with Crippen LogP contribution in [0.1, 0.15) is 79.1 Å². The number of aldehydes is 1. The fourth-order valence-corrected chi connectivity index (χ4v) is 2.93. The molecule has 8 heteroatoms. The maximum atomic E-state index is 11.5. The summed E-state index contributed by atoms with van der Waals surface area (Å²) in [6, 6.07) is 0.283. The van der Waals surface area contributed by atoms with E-state index in [-0.39, 0.29) is 11.9 Å². The number of carbonyl (C=O) groups is 2. The lowest BCUT2D eigenvalue weighted by Crippen LogP contribution is -2.38. The number of likely N-dealkylation sites (N-methyl/N-ethyl adjacent to an activating group) is 1. The van der Waals surface area contributed by atoms with Crippen LogP contribution in [0.4, 0.5) is 0 Å². The molecule has 0 heterocycles. The first-order chi connectivity index (χ1) is 16.5. The quantitative estimate of drug-likeness (QED) is 0.157. The van der Waals surface area contributed by atoms with Crippen LogP contribution in [0, 0.1) is 5.92 Å². The van der Waals surface area contributed by atoms with E-state index in [0.29, 0.717) is 58.4 Å². The van der Waals surface area contributed by atoms with E-state index in [9.17, 15) is 9.59 Å². The van der Waals surface area contributed by atoms with Crippen molar-refractivity contribution in [2.24, 2.45) is 5.92 Å². The van der Waals surface area contributed by atoms with Crippen molar-refractivity contribution in [3.63, 3.8) is 0 Å². The van der Waals surface area contributed by atoms with Gasteiger partial charge in [-0.1, -0.05) is 40.5 Å². The Hall–Kier alpha value is -1.06. The summed E-state index contributed by atoms with van der Waals surface area (Å²) < 4.78 is 21.2. The number of hydrogen-bond donors (Lipinski definition) is 2. The number of carbonyl (C=O) groups excluding carboxylic acids is 2. The topological polar surface area (TPSA) is 95.1 Å². The number of rotatable bonds is 24. The number of ether oxygens (including phenoxy) is 4. The maximum Gasteiger partial charge on any atom is 0.220 e. The highest BCUT2D eigenvalue weighted by molar-refractivity contribution is 5.76. The van der Waals surface area contributed by atoms with Crippen LogP contribution in [-0.4, -0.2) is 84.7 Å². The predicted octanol–water partition coefficient (Wildman–Crippen LogP) is 3.76. The minimum absolute atomic E-state index is 0.166. The van der Waals surface area contributed by atoms with E-state index in [0.717, 1.165) is 64.6 Å². The molecule has 0 saturated heterocycles. The lowest BCUT2D eigenvalue weighted by atomic mass is 9.97. The van der Waals surface area contributed by atoms with Gasteiger partial charge in [-0.15, -0.1) is 0 Å². The van der Waals surface area contributed by atoms with Crippen LogP contribution in [0.2, 0.25) is 0 Å².